The quantitative estimate of drug-likeness (QED) is 0.863. The smallest absolute Gasteiger partial charge is 0.270 e. The van der Waals surface area contributed by atoms with Gasteiger partial charge in [0.15, 0.2) is 0 Å². The molecule has 6 heteroatoms. The highest BCUT2D eigenvalue weighted by Crippen LogP contribution is 2.24. The maximum absolute atomic E-state index is 11.8. The van der Waals surface area contributed by atoms with Crippen LogP contribution >= 0.6 is 22.9 Å². The number of hydrogen-bond acceptors (Lipinski definition) is 4. The molecule has 0 atom stereocenters. The highest BCUT2D eigenvalue weighted by atomic mass is 35.5. The summed E-state index contributed by atoms with van der Waals surface area (Å²) in [4.78, 5) is 16.1. The van der Waals surface area contributed by atoms with Crippen molar-refractivity contribution in [2.24, 2.45) is 0 Å². The van der Waals surface area contributed by atoms with Crippen LogP contribution in [-0.4, -0.2) is 31.2 Å². The van der Waals surface area contributed by atoms with E-state index in [2.05, 4.69) is 10.3 Å². The second-order valence-electron chi connectivity index (χ2n) is 3.79. The molecule has 0 saturated carbocycles. The van der Waals surface area contributed by atoms with Crippen LogP contribution in [0.5, 0.6) is 0 Å². The minimum atomic E-state index is -0.187. The Morgan fingerprint density at radius 3 is 2.84 bits per heavy atom. The number of nitrogens with zero attached hydrogens (tertiary/aromatic N) is 1. The molecule has 1 heterocycles. The third kappa shape index (κ3) is 3.76. The number of methoxy groups -OCH3 is 1. The fourth-order valence-electron chi connectivity index (χ4n) is 1.46. The molecule has 0 bridgehead atoms. The monoisotopic (exact) mass is 296 g/mol. The number of hydrogen-bond donors (Lipinski definition) is 1. The second kappa shape index (κ2) is 6.65. The van der Waals surface area contributed by atoms with Crippen molar-refractivity contribution in [2.45, 2.75) is 0 Å². The number of aromatic nitrogens is 1. The Labute approximate surface area is 120 Å². The zero-order valence-electron chi connectivity index (χ0n) is 10.4. The first kappa shape index (κ1) is 14.0. The van der Waals surface area contributed by atoms with Crippen LogP contribution in [0, 0.1) is 0 Å². The van der Waals surface area contributed by atoms with E-state index in [-0.39, 0.29) is 5.91 Å². The third-order valence-electron chi connectivity index (χ3n) is 2.42. The highest BCUT2D eigenvalue weighted by Gasteiger charge is 2.11. The molecule has 2 aromatic rings. The molecule has 0 aliphatic heterocycles. The van der Waals surface area contributed by atoms with Crippen molar-refractivity contribution in [1.82, 2.24) is 10.3 Å². The van der Waals surface area contributed by atoms with Crippen LogP contribution in [0.2, 0.25) is 5.02 Å². The van der Waals surface area contributed by atoms with Gasteiger partial charge in [0, 0.05) is 29.6 Å². The lowest BCUT2D eigenvalue weighted by Gasteiger charge is -2.01. The summed E-state index contributed by atoms with van der Waals surface area (Å²) in [5, 5.41) is 5.95. The van der Waals surface area contributed by atoms with Crippen LogP contribution in [0.3, 0.4) is 0 Å². The molecule has 19 heavy (non-hydrogen) atoms. The van der Waals surface area contributed by atoms with Crippen LogP contribution in [0.15, 0.2) is 29.6 Å². The molecule has 1 aromatic heterocycles. The summed E-state index contributed by atoms with van der Waals surface area (Å²) in [6, 6.07) is 7.37. The Kier molecular flexibility index (Phi) is 4.90. The molecule has 1 amide bonds. The minimum absolute atomic E-state index is 0.187. The molecule has 0 unspecified atom stereocenters. The molecular formula is C13H13ClN2O2S. The van der Waals surface area contributed by atoms with Crippen LogP contribution in [0.25, 0.3) is 10.6 Å². The average molecular weight is 297 g/mol. The normalized spacial score (nSPS) is 10.4. The maximum atomic E-state index is 11.8. The van der Waals surface area contributed by atoms with E-state index in [0.29, 0.717) is 23.9 Å². The van der Waals surface area contributed by atoms with Crippen molar-refractivity contribution in [1.29, 1.82) is 0 Å². The molecule has 4 nitrogen and oxygen atoms in total. The van der Waals surface area contributed by atoms with E-state index < -0.39 is 0 Å². The fraction of sp³-hybridized carbons (Fsp3) is 0.231. The molecule has 0 fully saturated rings. The first-order valence-corrected chi connectivity index (χ1v) is 6.95. The van der Waals surface area contributed by atoms with Gasteiger partial charge < -0.3 is 10.1 Å². The van der Waals surface area contributed by atoms with Gasteiger partial charge in [0.05, 0.1) is 6.61 Å². The molecule has 2 rings (SSSR count). The van der Waals surface area contributed by atoms with E-state index in [1.165, 1.54) is 11.3 Å². The van der Waals surface area contributed by atoms with Crippen LogP contribution < -0.4 is 5.32 Å². The number of amides is 1. The number of benzene rings is 1. The van der Waals surface area contributed by atoms with Crippen LogP contribution in [0.4, 0.5) is 0 Å². The van der Waals surface area contributed by atoms with Gasteiger partial charge in [-0.15, -0.1) is 11.3 Å². The van der Waals surface area contributed by atoms with Crippen molar-refractivity contribution in [2.75, 3.05) is 20.3 Å². The number of nitrogens with one attached hydrogen (secondary N) is 1. The molecule has 100 valence electrons. The Hall–Kier alpha value is -1.43. The summed E-state index contributed by atoms with van der Waals surface area (Å²) in [5.74, 6) is -0.187. The number of carbonyl (C=O) groups is 1. The molecule has 0 radical (unpaired) electrons. The third-order valence-corrected chi connectivity index (χ3v) is 3.56. The first-order valence-electron chi connectivity index (χ1n) is 5.69. The van der Waals surface area contributed by atoms with Gasteiger partial charge in [-0.1, -0.05) is 23.7 Å². The van der Waals surface area contributed by atoms with Crippen molar-refractivity contribution in [3.8, 4) is 10.6 Å². The molecule has 1 N–H and O–H groups in total. The molecule has 0 aliphatic rings. The Balaban J connectivity index is 2.06. The van der Waals surface area contributed by atoms with E-state index in [1.807, 2.05) is 12.1 Å². The van der Waals surface area contributed by atoms with Crippen molar-refractivity contribution in [3.63, 3.8) is 0 Å². The van der Waals surface area contributed by atoms with E-state index >= 15 is 0 Å². The van der Waals surface area contributed by atoms with Gasteiger partial charge in [0.1, 0.15) is 10.7 Å². The van der Waals surface area contributed by atoms with Crippen molar-refractivity contribution < 1.29 is 9.53 Å². The van der Waals surface area contributed by atoms with Crippen molar-refractivity contribution in [3.05, 3.63) is 40.4 Å². The van der Waals surface area contributed by atoms with Gasteiger partial charge in [-0.25, -0.2) is 4.98 Å². The predicted octanol–water partition coefficient (Wildman–Crippen LogP) is 2.84. The molecular weight excluding hydrogens is 284 g/mol. The summed E-state index contributed by atoms with van der Waals surface area (Å²) >= 11 is 7.26. The number of halogens is 1. The fourth-order valence-corrected chi connectivity index (χ4v) is 2.39. The SMILES string of the molecule is COCCNC(=O)c1csc(-c2ccc(Cl)cc2)n1. The number of rotatable bonds is 5. The van der Waals surface area contributed by atoms with Gasteiger partial charge in [0.25, 0.3) is 5.91 Å². The highest BCUT2D eigenvalue weighted by molar-refractivity contribution is 7.13. The summed E-state index contributed by atoms with van der Waals surface area (Å²) in [5.41, 5.74) is 1.37. The van der Waals surface area contributed by atoms with E-state index in [4.69, 9.17) is 16.3 Å². The van der Waals surface area contributed by atoms with Gasteiger partial charge >= 0.3 is 0 Å². The second-order valence-corrected chi connectivity index (χ2v) is 5.09. The zero-order valence-corrected chi connectivity index (χ0v) is 11.9. The Morgan fingerprint density at radius 2 is 2.16 bits per heavy atom. The van der Waals surface area contributed by atoms with E-state index in [9.17, 15) is 4.79 Å². The summed E-state index contributed by atoms with van der Waals surface area (Å²) in [6.07, 6.45) is 0. The molecule has 0 aliphatic carbocycles. The van der Waals surface area contributed by atoms with Gasteiger partial charge in [-0.3, -0.25) is 4.79 Å². The minimum Gasteiger partial charge on any atom is -0.383 e. The summed E-state index contributed by atoms with van der Waals surface area (Å²) < 4.78 is 4.87. The molecule has 1 aromatic carbocycles. The molecule has 0 spiro atoms. The lowest BCUT2D eigenvalue weighted by molar-refractivity contribution is 0.0933. The zero-order chi connectivity index (χ0) is 13.7. The number of ether oxygens (including phenoxy) is 1. The molecule has 0 saturated heterocycles. The summed E-state index contributed by atoms with van der Waals surface area (Å²) in [6.45, 7) is 0.961. The van der Waals surface area contributed by atoms with Crippen LogP contribution in [-0.2, 0) is 4.74 Å². The van der Waals surface area contributed by atoms with E-state index in [0.717, 1.165) is 10.6 Å². The van der Waals surface area contributed by atoms with E-state index in [1.54, 1.807) is 24.6 Å². The van der Waals surface area contributed by atoms with Gasteiger partial charge in [-0.05, 0) is 12.1 Å². The van der Waals surface area contributed by atoms with Crippen molar-refractivity contribution >= 4 is 28.8 Å². The topological polar surface area (TPSA) is 51.2 Å². The van der Waals surface area contributed by atoms with Crippen LogP contribution in [0.1, 0.15) is 10.5 Å². The lowest BCUT2D eigenvalue weighted by Crippen LogP contribution is -2.27. The number of carbonyl (C=O) groups excluding carboxylic acids is 1. The van der Waals surface area contributed by atoms with Gasteiger partial charge in [0.2, 0.25) is 0 Å². The lowest BCUT2D eigenvalue weighted by atomic mass is 10.2. The Bertz CT molecular complexity index is 554. The standard InChI is InChI=1S/C13H13ClN2O2S/c1-18-7-6-15-12(17)11-8-19-13(16-11)9-2-4-10(14)5-3-9/h2-5,8H,6-7H2,1H3,(H,15,17). The maximum Gasteiger partial charge on any atom is 0.270 e. The average Bonchev–Trinajstić information content (AvgIpc) is 2.89. The largest absolute Gasteiger partial charge is 0.383 e. The predicted molar refractivity (Wildman–Crippen MR) is 76.8 cm³/mol. The number of thiazole rings is 1. The first-order chi connectivity index (χ1) is 9.20. The Morgan fingerprint density at radius 1 is 1.42 bits per heavy atom. The van der Waals surface area contributed by atoms with Gasteiger partial charge in [-0.2, -0.15) is 0 Å². The summed E-state index contributed by atoms with van der Waals surface area (Å²) in [7, 11) is 1.59.